The van der Waals surface area contributed by atoms with Gasteiger partial charge in [0.15, 0.2) is 0 Å². The highest BCUT2D eigenvalue weighted by Gasteiger charge is 2.33. The maximum Gasteiger partial charge on any atom is 0.416 e. The standard InChI is InChI=1S/C19H24F3NO7S/c1-11(29-13(3)26)17(9-27-12(2)25)30-18(16(8-23)28-10-24)31-15-6-4-5-14(7-15)19(20,21)22/h4-7,10-11,16-18H,8-9,23H2,1-3H3. The molecule has 2 N–H and O–H groups in total. The van der Waals surface area contributed by atoms with E-state index in [2.05, 4.69) is 0 Å². The molecule has 0 spiro atoms. The molecule has 1 rings (SSSR count). The first-order valence-electron chi connectivity index (χ1n) is 9.07. The average Bonchev–Trinajstić information content (AvgIpc) is 2.67. The highest BCUT2D eigenvalue weighted by Crippen LogP contribution is 2.35. The predicted molar refractivity (Wildman–Crippen MR) is 104 cm³/mol. The van der Waals surface area contributed by atoms with Gasteiger partial charge in [0.1, 0.15) is 30.4 Å². The summed E-state index contributed by atoms with van der Waals surface area (Å²) in [6.45, 7) is 3.43. The third kappa shape index (κ3) is 9.57. The van der Waals surface area contributed by atoms with Crippen LogP contribution in [-0.4, -0.2) is 55.3 Å². The molecule has 12 heteroatoms. The molecule has 4 atom stereocenters. The van der Waals surface area contributed by atoms with Crippen molar-refractivity contribution in [3.05, 3.63) is 29.8 Å². The summed E-state index contributed by atoms with van der Waals surface area (Å²) in [6.07, 6.45) is -7.51. The van der Waals surface area contributed by atoms with E-state index in [0.717, 1.165) is 23.9 Å². The lowest BCUT2D eigenvalue weighted by Gasteiger charge is -2.31. The lowest BCUT2D eigenvalue weighted by Crippen LogP contribution is -2.43. The summed E-state index contributed by atoms with van der Waals surface area (Å²) < 4.78 is 59.9. The number of rotatable bonds is 12. The van der Waals surface area contributed by atoms with Crippen LogP contribution in [0.2, 0.25) is 0 Å². The van der Waals surface area contributed by atoms with E-state index < -0.39 is 47.4 Å². The molecule has 174 valence electrons. The second-order valence-electron chi connectivity index (χ2n) is 6.31. The molecule has 0 amide bonds. The van der Waals surface area contributed by atoms with Gasteiger partial charge < -0.3 is 24.7 Å². The molecule has 0 fully saturated rings. The van der Waals surface area contributed by atoms with E-state index in [1.54, 1.807) is 0 Å². The molecule has 0 aromatic heterocycles. The Morgan fingerprint density at radius 1 is 1.19 bits per heavy atom. The number of esters is 2. The van der Waals surface area contributed by atoms with Crippen molar-refractivity contribution in [2.45, 2.75) is 55.6 Å². The number of carbonyl (C=O) groups is 3. The first-order chi connectivity index (χ1) is 14.5. The van der Waals surface area contributed by atoms with Gasteiger partial charge in [0.05, 0.1) is 5.56 Å². The van der Waals surface area contributed by atoms with Crippen molar-refractivity contribution in [3.8, 4) is 0 Å². The Balaban J connectivity index is 3.18. The fraction of sp³-hybridized carbons (Fsp3) is 0.526. The van der Waals surface area contributed by atoms with E-state index in [9.17, 15) is 27.6 Å². The predicted octanol–water partition coefficient (Wildman–Crippen LogP) is 2.52. The average molecular weight is 467 g/mol. The van der Waals surface area contributed by atoms with Crippen LogP contribution in [0.15, 0.2) is 29.2 Å². The zero-order valence-electron chi connectivity index (χ0n) is 17.1. The minimum atomic E-state index is -4.55. The summed E-state index contributed by atoms with van der Waals surface area (Å²) in [6, 6.07) is 4.46. The van der Waals surface area contributed by atoms with Crippen LogP contribution >= 0.6 is 11.8 Å². The Hall–Kier alpha value is -2.31. The van der Waals surface area contributed by atoms with Gasteiger partial charge in [-0.3, -0.25) is 14.4 Å². The SMILES string of the molecule is CC(=O)OCC(OC(Sc1cccc(C(F)(F)F)c1)C(CN)OC=O)C(C)OC(C)=O. The number of hydrogen-bond acceptors (Lipinski definition) is 9. The fourth-order valence-electron chi connectivity index (χ4n) is 2.37. The van der Waals surface area contributed by atoms with Crippen LogP contribution in [0, 0.1) is 0 Å². The lowest BCUT2D eigenvalue weighted by molar-refractivity contribution is -0.167. The lowest BCUT2D eigenvalue weighted by atomic mass is 10.2. The molecule has 0 aliphatic carbocycles. The van der Waals surface area contributed by atoms with Crippen LogP contribution in [0.3, 0.4) is 0 Å². The number of nitrogens with two attached hydrogens (primary N) is 1. The van der Waals surface area contributed by atoms with E-state index in [1.807, 2.05) is 0 Å². The summed E-state index contributed by atoms with van der Waals surface area (Å²) in [5, 5.41) is 0. The molecule has 0 radical (unpaired) electrons. The van der Waals surface area contributed by atoms with Crippen molar-refractivity contribution in [1.82, 2.24) is 0 Å². The maximum atomic E-state index is 13.0. The van der Waals surface area contributed by atoms with Crippen molar-refractivity contribution >= 4 is 30.2 Å². The summed E-state index contributed by atoms with van der Waals surface area (Å²) in [4.78, 5) is 33.5. The van der Waals surface area contributed by atoms with Crippen LogP contribution in [0.5, 0.6) is 0 Å². The number of ether oxygens (including phenoxy) is 4. The normalized spacial score (nSPS) is 15.3. The summed E-state index contributed by atoms with van der Waals surface area (Å²) in [7, 11) is 0. The third-order valence-electron chi connectivity index (χ3n) is 3.82. The van der Waals surface area contributed by atoms with Gasteiger partial charge in [-0.2, -0.15) is 13.2 Å². The van der Waals surface area contributed by atoms with Crippen LogP contribution < -0.4 is 5.73 Å². The quantitative estimate of drug-likeness (QED) is 0.163. The van der Waals surface area contributed by atoms with Crippen LogP contribution in [0.1, 0.15) is 26.3 Å². The summed E-state index contributed by atoms with van der Waals surface area (Å²) in [5.74, 6) is -1.24. The molecule has 8 nitrogen and oxygen atoms in total. The van der Waals surface area contributed by atoms with Gasteiger partial charge in [-0.05, 0) is 25.1 Å². The molecule has 1 aromatic rings. The zero-order valence-corrected chi connectivity index (χ0v) is 17.9. The van der Waals surface area contributed by atoms with E-state index in [-0.39, 0.29) is 24.5 Å². The highest BCUT2D eigenvalue weighted by atomic mass is 32.2. The third-order valence-corrected chi connectivity index (χ3v) is 4.99. The van der Waals surface area contributed by atoms with Gasteiger partial charge >= 0.3 is 18.1 Å². The minimum Gasteiger partial charge on any atom is -0.463 e. The number of thioether (sulfide) groups is 1. The largest absolute Gasteiger partial charge is 0.463 e. The molecule has 0 saturated heterocycles. The van der Waals surface area contributed by atoms with Gasteiger partial charge in [-0.25, -0.2) is 0 Å². The van der Waals surface area contributed by atoms with Crippen molar-refractivity contribution in [2.24, 2.45) is 5.73 Å². The maximum absolute atomic E-state index is 13.0. The second kappa shape index (κ2) is 12.5. The van der Waals surface area contributed by atoms with Crippen LogP contribution in [-0.2, 0) is 39.5 Å². The molecule has 0 heterocycles. The Bertz CT molecular complexity index is 747. The summed E-state index contributed by atoms with van der Waals surface area (Å²) >= 11 is 0.823. The van der Waals surface area contributed by atoms with Crippen molar-refractivity contribution in [2.75, 3.05) is 13.2 Å². The Kier molecular flexibility index (Phi) is 10.8. The van der Waals surface area contributed by atoms with Crippen molar-refractivity contribution in [3.63, 3.8) is 0 Å². The first-order valence-corrected chi connectivity index (χ1v) is 9.95. The van der Waals surface area contributed by atoms with E-state index in [1.165, 1.54) is 32.9 Å². The number of carbonyl (C=O) groups excluding carboxylic acids is 3. The molecule has 31 heavy (non-hydrogen) atoms. The Morgan fingerprint density at radius 2 is 1.87 bits per heavy atom. The molecule has 0 aliphatic heterocycles. The molecule has 0 saturated carbocycles. The van der Waals surface area contributed by atoms with Gasteiger partial charge in [0.2, 0.25) is 0 Å². The zero-order chi connectivity index (χ0) is 23.6. The van der Waals surface area contributed by atoms with Gasteiger partial charge in [0, 0.05) is 25.3 Å². The Morgan fingerprint density at radius 3 is 2.39 bits per heavy atom. The number of halogens is 3. The number of benzene rings is 1. The van der Waals surface area contributed by atoms with Gasteiger partial charge in [-0.1, -0.05) is 17.8 Å². The molecule has 0 aliphatic rings. The molecular weight excluding hydrogens is 443 g/mol. The van der Waals surface area contributed by atoms with Gasteiger partial charge in [-0.15, -0.1) is 0 Å². The fourth-order valence-corrected chi connectivity index (χ4v) is 3.51. The highest BCUT2D eigenvalue weighted by molar-refractivity contribution is 7.99. The monoisotopic (exact) mass is 467 g/mol. The van der Waals surface area contributed by atoms with E-state index in [4.69, 9.17) is 24.7 Å². The molecule has 4 unspecified atom stereocenters. The number of hydrogen-bond donors (Lipinski definition) is 1. The topological polar surface area (TPSA) is 114 Å². The molecule has 1 aromatic carbocycles. The summed E-state index contributed by atoms with van der Waals surface area (Å²) in [5.41, 5.74) is 3.67. The van der Waals surface area contributed by atoms with Crippen LogP contribution in [0.25, 0.3) is 0 Å². The van der Waals surface area contributed by atoms with E-state index >= 15 is 0 Å². The van der Waals surface area contributed by atoms with Gasteiger partial charge in [0.25, 0.3) is 6.47 Å². The van der Waals surface area contributed by atoms with Crippen molar-refractivity contribution < 1.29 is 46.5 Å². The molecular formula is C19H24F3NO7S. The first kappa shape index (κ1) is 26.7. The van der Waals surface area contributed by atoms with E-state index in [0.29, 0.717) is 0 Å². The smallest absolute Gasteiger partial charge is 0.416 e. The number of alkyl halides is 3. The Labute approximate surface area is 181 Å². The second-order valence-corrected chi connectivity index (χ2v) is 7.48. The minimum absolute atomic E-state index is 0.136. The van der Waals surface area contributed by atoms with Crippen molar-refractivity contribution in [1.29, 1.82) is 0 Å². The van der Waals surface area contributed by atoms with Crippen LogP contribution in [0.4, 0.5) is 13.2 Å². The molecule has 0 bridgehead atoms.